The van der Waals surface area contributed by atoms with E-state index in [4.69, 9.17) is 11.6 Å². The van der Waals surface area contributed by atoms with E-state index in [1.54, 1.807) is 0 Å². The number of carboxylic acids is 1. The Morgan fingerprint density at radius 2 is 1.89 bits per heavy atom. The number of hydrogen-bond donors (Lipinski definition) is 1. The van der Waals surface area contributed by atoms with Crippen molar-refractivity contribution in [2.24, 2.45) is 5.92 Å². The van der Waals surface area contributed by atoms with E-state index in [-0.39, 0.29) is 5.56 Å². The average Bonchev–Trinajstić information content (AvgIpc) is 2.53. The lowest BCUT2D eigenvalue weighted by Crippen LogP contribution is -2.05. The van der Waals surface area contributed by atoms with Gasteiger partial charge in [0.05, 0.1) is 5.52 Å². The lowest BCUT2D eigenvalue weighted by Gasteiger charge is -2.10. The number of hydrogen-bond acceptors (Lipinski definition) is 1. The van der Waals surface area contributed by atoms with Gasteiger partial charge >= 0.3 is 5.97 Å². The second kappa shape index (κ2) is 4.89. The smallest absolute Gasteiger partial charge is 0.339 e. The van der Waals surface area contributed by atoms with Gasteiger partial charge in [0.2, 0.25) is 0 Å². The topological polar surface area (TPSA) is 42.2 Å². The van der Waals surface area contributed by atoms with E-state index >= 15 is 0 Å². The number of carbonyl (C=O) groups is 1. The minimum Gasteiger partial charge on any atom is -0.478 e. The predicted octanol–water partition coefficient (Wildman–Crippen LogP) is 4.27. The van der Waals surface area contributed by atoms with Gasteiger partial charge in [-0.3, -0.25) is 0 Å². The van der Waals surface area contributed by atoms with Crippen molar-refractivity contribution < 1.29 is 9.90 Å². The largest absolute Gasteiger partial charge is 0.478 e. The molecule has 2 aromatic rings. The van der Waals surface area contributed by atoms with Gasteiger partial charge in [-0.1, -0.05) is 25.4 Å². The maximum Gasteiger partial charge on any atom is 0.339 e. The van der Waals surface area contributed by atoms with Crippen LogP contribution in [0.5, 0.6) is 0 Å². The molecule has 3 nitrogen and oxygen atoms in total. The highest BCUT2D eigenvalue weighted by atomic mass is 35.5. The van der Waals surface area contributed by atoms with Gasteiger partial charge in [-0.25, -0.2) is 4.79 Å². The first-order valence-corrected chi connectivity index (χ1v) is 6.73. The third kappa shape index (κ3) is 2.35. The Morgan fingerprint density at radius 3 is 2.42 bits per heavy atom. The zero-order chi connectivity index (χ0) is 14.3. The molecule has 19 heavy (non-hydrogen) atoms. The summed E-state index contributed by atoms with van der Waals surface area (Å²) in [6.45, 7) is 8.89. The Bertz CT molecular complexity index is 656. The van der Waals surface area contributed by atoms with Gasteiger partial charge in [0.1, 0.15) is 10.7 Å². The summed E-state index contributed by atoms with van der Waals surface area (Å²) in [5, 5.41) is 10.4. The zero-order valence-electron chi connectivity index (χ0n) is 11.6. The summed E-state index contributed by atoms with van der Waals surface area (Å²) in [5.41, 5.74) is 3.33. The van der Waals surface area contributed by atoms with Gasteiger partial charge in [-0.05, 0) is 43.0 Å². The molecule has 102 valence electrons. The van der Waals surface area contributed by atoms with Crippen LogP contribution in [-0.2, 0) is 6.54 Å². The number of rotatable bonds is 3. The molecule has 0 fully saturated rings. The van der Waals surface area contributed by atoms with Crippen LogP contribution in [0.1, 0.15) is 35.3 Å². The monoisotopic (exact) mass is 279 g/mol. The van der Waals surface area contributed by atoms with Crippen LogP contribution in [0.25, 0.3) is 10.9 Å². The maximum absolute atomic E-state index is 11.4. The van der Waals surface area contributed by atoms with E-state index in [1.165, 1.54) is 0 Å². The van der Waals surface area contributed by atoms with E-state index in [0.29, 0.717) is 17.6 Å². The normalized spacial score (nSPS) is 11.5. The minimum absolute atomic E-state index is 0.209. The van der Waals surface area contributed by atoms with Crippen LogP contribution in [0.3, 0.4) is 0 Å². The predicted molar refractivity (Wildman–Crippen MR) is 78.2 cm³/mol. The van der Waals surface area contributed by atoms with Crippen molar-refractivity contribution in [3.63, 3.8) is 0 Å². The SMILES string of the molecule is Cc1cc2c(C(=O)O)c(Cl)n(CC(C)C)c2cc1C. The van der Waals surface area contributed by atoms with Gasteiger partial charge in [-0.15, -0.1) is 0 Å². The van der Waals surface area contributed by atoms with Gasteiger partial charge in [0.15, 0.2) is 0 Å². The Hall–Kier alpha value is -1.48. The van der Waals surface area contributed by atoms with Gasteiger partial charge < -0.3 is 9.67 Å². The van der Waals surface area contributed by atoms with Crippen molar-refractivity contribution >= 4 is 28.5 Å². The number of aryl methyl sites for hydroxylation is 2. The summed E-state index contributed by atoms with van der Waals surface area (Å²) in [7, 11) is 0. The molecule has 0 saturated heterocycles. The summed E-state index contributed by atoms with van der Waals surface area (Å²) in [6, 6.07) is 3.93. The molecule has 0 aliphatic carbocycles. The van der Waals surface area contributed by atoms with E-state index in [1.807, 2.05) is 30.5 Å². The first-order valence-electron chi connectivity index (χ1n) is 6.35. The van der Waals surface area contributed by atoms with Crippen LogP contribution < -0.4 is 0 Å². The van der Waals surface area contributed by atoms with Gasteiger partial charge in [0.25, 0.3) is 0 Å². The van der Waals surface area contributed by atoms with Crippen LogP contribution in [0.15, 0.2) is 12.1 Å². The molecule has 4 heteroatoms. The third-order valence-electron chi connectivity index (χ3n) is 3.38. The van der Waals surface area contributed by atoms with Crippen molar-refractivity contribution in [1.29, 1.82) is 0 Å². The fourth-order valence-corrected chi connectivity index (χ4v) is 2.67. The van der Waals surface area contributed by atoms with E-state index in [0.717, 1.165) is 22.0 Å². The molecule has 0 amide bonds. The zero-order valence-corrected chi connectivity index (χ0v) is 12.4. The number of aromatic nitrogens is 1. The highest BCUT2D eigenvalue weighted by Crippen LogP contribution is 2.32. The van der Waals surface area contributed by atoms with E-state index in [9.17, 15) is 9.90 Å². The lowest BCUT2D eigenvalue weighted by atomic mass is 10.1. The number of aromatic carboxylic acids is 1. The van der Waals surface area contributed by atoms with Crippen molar-refractivity contribution in [2.75, 3.05) is 0 Å². The Morgan fingerprint density at radius 1 is 1.32 bits per heavy atom. The molecule has 1 aromatic carbocycles. The Balaban J connectivity index is 2.84. The molecule has 2 rings (SSSR count). The molecule has 0 radical (unpaired) electrons. The number of benzene rings is 1. The highest BCUT2D eigenvalue weighted by molar-refractivity contribution is 6.35. The fraction of sp³-hybridized carbons (Fsp3) is 0.400. The quantitative estimate of drug-likeness (QED) is 0.912. The molecule has 1 N–H and O–H groups in total. The highest BCUT2D eigenvalue weighted by Gasteiger charge is 2.21. The van der Waals surface area contributed by atoms with E-state index < -0.39 is 5.97 Å². The molecule has 0 bridgehead atoms. The standard InChI is InChI=1S/C15H18ClNO2/c1-8(2)7-17-12-6-10(4)9(3)5-11(12)13(14(17)16)15(18)19/h5-6,8H,7H2,1-4H3,(H,18,19). The second-order valence-corrected chi connectivity index (χ2v) is 5.79. The molecular weight excluding hydrogens is 262 g/mol. The van der Waals surface area contributed by atoms with Crippen LogP contribution in [-0.4, -0.2) is 15.6 Å². The number of carboxylic acid groups (broad SMARTS) is 1. The molecule has 0 unspecified atom stereocenters. The summed E-state index contributed by atoms with van der Waals surface area (Å²) >= 11 is 6.28. The van der Waals surface area contributed by atoms with Crippen LogP contribution >= 0.6 is 11.6 Å². The summed E-state index contributed by atoms with van der Waals surface area (Å²) in [4.78, 5) is 11.4. The molecule has 1 heterocycles. The van der Waals surface area contributed by atoms with E-state index in [2.05, 4.69) is 13.8 Å². The summed E-state index contributed by atoms with van der Waals surface area (Å²) in [5.74, 6) is -0.572. The van der Waals surface area contributed by atoms with Crippen molar-refractivity contribution in [3.05, 3.63) is 34.0 Å². The number of nitrogens with zero attached hydrogens (tertiary/aromatic N) is 1. The molecule has 0 atom stereocenters. The molecule has 0 spiro atoms. The molecule has 0 aliphatic heterocycles. The third-order valence-corrected chi connectivity index (χ3v) is 3.77. The molecular formula is C15H18ClNO2. The second-order valence-electron chi connectivity index (χ2n) is 5.43. The minimum atomic E-state index is -0.972. The van der Waals surface area contributed by atoms with Crippen molar-refractivity contribution in [1.82, 2.24) is 4.57 Å². The van der Waals surface area contributed by atoms with Crippen LogP contribution in [0.2, 0.25) is 5.15 Å². The average molecular weight is 280 g/mol. The van der Waals surface area contributed by atoms with Crippen molar-refractivity contribution in [3.8, 4) is 0 Å². The Labute approximate surface area is 117 Å². The lowest BCUT2D eigenvalue weighted by molar-refractivity contribution is 0.0699. The van der Waals surface area contributed by atoms with Crippen LogP contribution in [0.4, 0.5) is 0 Å². The van der Waals surface area contributed by atoms with Crippen molar-refractivity contribution in [2.45, 2.75) is 34.2 Å². The summed E-state index contributed by atoms with van der Waals surface area (Å²) in [6.07, 6.45) is 0. The first-order chi connectivity index (χ1) is 8.82. The molecule has 0 aliphatic rings. The van der Waals surface area contributed by atoms with Gasteiger partial charge in [0, 0.05) is 11.9 Å². The molecule has 1 aromatic heterocycles. The Kier molecular flexibility index (Phi) is 3.59. The molecule has 0 saturated carbocycles. The van der Waals surface area contributed by atoms with Gasteiger partial charge in [-0.2, -0.15) is 0 Å². The maximum atomic E-state index is 11.4. The fourth-order valence-electron chi connectivity index (χ4n) is 2.32. The number of halogens is 1. The van der Waals surface area contributed by atoms with Crippen LogP contribution in [0, 0.1) is 19.8 Å². The first kappa shape index (κ1) is 13.9. The summed E-state index contributed by atoms with van der Waals surface area (Å²) < 4.78 is 1.90. The number of fused-ring (bicyclic) bond motifs is 1.